The van der Waals surface area contributed by atoms with Gasteiger partial charge in [-0.3, -0.25) is 9.69 Å². The zero-order valence-corrected chi connectivity index (χ0v) is 18.5. The Hall–Kier alpha value is -3.87. The number of amides is 3. The second-order valence-corrected chi connectivity index (χ2v) is 7.93. The molecule has 0 atom stereocenters. The van der Waals surface area contributed by atoms with Crippen LogP contribution in [0.1, 0.15) is 17.5 Å². The fourth-order valence-electron chi connectivity index (χ4n) is 3.90. The van der Waals surface area contributed by atoms with Crippen LogP contribution in [-0.2, 0) is 17.8 Å². The molecule has 3 aromatic carbocycles. The molecule has 1 heterocycles. The molecule has 0 bridgehead atoms. The monoisotopic (exact) mass is 447 g/mol. The molecule has 1 aliphatic heterocycles. The van der Waals surface area contributed by atoms with E-state index in [9.17, 15) is 14.0 Å². The lowest BCUT2D eigenvalue weighted by Crippen LogP contribution is -2.49. The molecule has 33 heavy (non-hydrogen) atoms. The number of nitrogens with one attached hydrogen (secondary N) is 1. The van der Waals surface area contributed by atoms with E-state index in [1.165, 1.54) is 12.1 Å². The van der Waals surface area contributed by atoms with Gasteiger partial charge in [-0.25, -0.2) is 9.18 Å². The number of nitrogens with zero attached hydrogens (tertiary/aromatic N) is 2. The number of hydrogen-bond donors (Lipinski definition) is 1. The topological polar surface area (TPSA) is 61.9 Å². The highest BCUT2D eigenvalue weighted by atomic mass is 19.1. The number of benzene rings is 3. The number of hydrogen-bond acceptors (Lipinski definition) is 3. The van der Waals surface area contributed by atoms with Crippen LogP contribution in [0.5, 0.6) is 5.75 Å². The highest BCUT2D eigenvalue weighted by molar-refractivity contribution is 6.01. The molecule has 0 spiro atoms. The summed E-state index contributed by atoms with van der Waals surface area (Å²) in [7, 11) is 1.60. The molecule has 1 N–H and O–H groups in total. The van der Waals surface area contributed by atoms with Crippen LogP contribution in [0.3, 0.4) is 0 Å². The van der Waals surface area contributed by atoms with Crippen molar-refractivity contribution in [3.63, 3.8) is 0 Å². The lowest BCUT2D eigenvalue weighted by Gasteiger charge is -2.36. The molecule has 0 unspecified atom stereocenters. The largest absolute Gasteiger partial charge is 0.497 e. The van der Waals surface area contributed by atoms with Gasteiger partial charge < -0.3 is 15.0 Å². The van der Waals surface area contributed by atoms with E-state index in [0.29, 0.717) is 31.0 Å². The molecule has 0 aromatic heterocycles. The second-order valence-electron chi connectivity index (χ2n) is 7.93. The standard InChI is InChI=1S/C26H26FN3O3/c1-33-22-13-9-19(10-14-22)17-25(31)28-23-5-2-3-6-24(23)30-16-4-15-29(26(30)32)18-20-7-11-21(27)12-8-20/h2-3,5-14H,4,15-18H2,1H3,(H,28,31). The van der Waals surface area contributed by atoms with E-state index in [1.807, 2.05) is 42.5 Å². The summed E-state index contributed by atoms with van der Waals surface area (Å²) < 4.78 is 18.4. The predicted octanol–water partition coefficient (Wildman–Crippen LogP) is 4.85. The van der Waals surface area contributed by atoms with Crippen LogP contribution in [0.15, 0.2) is 72.8 Å². The van der Waals surface area contributed by atoms with Crippen LogP contribution < -0.4 is 15.0 Å². The quantitative estimate of drug-likeness (QED) is 0.563. The number of para-hydroxylation sites is 2. The Kier molecular flexibility index (Phi) is 6.88. The molecule has 0 saturated carbocycles. The number of halogens is 1. The minimum absolute atomic E-state index is 0.137. The average molecular weight is 448 g/mol. The van der Waals surface area contributed by atoms with Crippen molar-refractivity contribution in [2.45, 2.75) is 19.4 Å². The van der Waals surface area contributed by atoms with Crippen LogP contribution in [-0.4, -0.2) is 37.0 Å². The Morgan fingerprint density at radius 1 is 0.970 bits per heavy atom. The maximum Gasteiger partial charge on any atom is 0.324 e. The zero-order valence-electron chi connectivity index (χ0n) is 18.5. The van der Waals surface area contributed by atoms with Crippen molar-refractivity contribution in [1.82, 2.24) is 4.90 Å². The lowest BCUT2D eigenvalue weighted by atomic mass is 10.1. The molecule has 6 nitrogen and oxygen atoms in total. The summed E-state index contributed by atoms with van der Waals surface area (Å²) in [6, 6.07) is 20.7. The van der Waals surface area contributed by atoms with E-state index in [1.54, 1.807) is 35.1 Å². The molecular formula is C26H26FN3O3. The third kappa shape index (κ3) is 5.49. The van der Waals surface area contributed by atoms with E-state index < -0.39 is 0 Å². The molecule has 1 fully saturated rings. The van der Waals surface area contributed by atoms with Crippen molar-refractivity contribution in [3.05, 3.63) is 89.7 Å². The summed E-state index contributed by atoms with van der Waals surface area (Å²) in [4.78, 5) is 29.4. The molecule has 4 rings (SSSR count). The van der Waals surface area contributed by atoms with Crippen molar-refractivity contribution < 1.29 is 18.7 Å². The third-order valence-corrected chi connectivity index (χ3v) is 5.59. The van der Waals surface area contributed by atoms with E-state index in [2.05, 4.69) is 5.32 Å². The third-order valence-electron chi connectivity index (χ3n) is 5.59. The number of carbonyl (C=O) groups excluding carboxylic acids is 2. The van der Waals surface area contributed by atoms with Crippen molar-refractivity contribution >= 4 is 23.3 Å². The van der Waals surface area contributed by atoms with Gasteiger partial charge in [-0.15, -0.1) is 0 Å². The van der Waals surface area contributed by atoms with Gasteiger partial charge in [0.25, 0.3) is 0 Å². The normalized spacial score (nSPS) is 13.7. The van der Waals surface area contributed by atoms with Gasteiger partial charge in [0.2, 0.25) is 5.91 Å². The first-order valence-electron chi connectivity index (χ1n) is 10.9. The smallest absolute Gasteiger partial charge is 0.324 e. The Labute approximate surface area is 192 Å². The fourth-order valence-corrected chi connectivity index (χ4v) is 3.90. The van der Waals surface area contributed by atoms with Crippen LogP contribution in [0.25, 0.3) is 0 Å². The summed E-state index contributed by atoms with van der Waals surface area (Å²) in [6.45, 7) is 1.59. The molecule has 3 aromatic rings. The summed E-state index contributed by atoms with van der Waals surface area (Å²) in [5.41, 5.74) is 2.99. The van der Waals surface area contributed by atoms with Gasteiger partial charge in [0.05, 0.1) is 24.9 Å². The van der Waals surface area contributed by atoms with Gasteiger partial charge in [-0.05, 0) is 53.9 Å². The molecule has 1 aliphatic rings. The minimum Gasteiger partial charge on any atom is -0.497 e. The van der Waals surface area contributed by atoms with Crippen molar-refractivity contribution in [3.8, 4) is 5.75 Å². The average Bonchev–Trinajstić information content (AvgIpc) is 2.83. The van der Waals surface area contributed by atoms with Crippen molar-refractivity contribution in [1.29, 1.82) is 0 Å². The van der Waals surface area contributed by atoms with Gasteiger partial charge in [0.15, 0.2) is 0 Å². The first-order chi connectivity index (χ1) is 16.0. The van der Waals surface area contributed by atoms with Gasteiger partial charge in [0, 0.05) is 19.6 Å². The SMILES string of the molecule is COc1ccc(CC(=O)Nc2ccccc2N2CCCN(Cc3ccc(F)cc3)C2=O)cc1. The predicted molar refractivity (Wildman–Crippen MR) is 126 cm³/mol. The molecule has 3 amide bonds. The Balaban J connectivity index is 1.46. The maximum atomic E-state index is 13.2. The Morgan fingerprint density at radius 2 is 1.67 bits per heavy atom. The molecule has 1 saturated heterocycles. The van der Waals surface area contributed by atoms with Crippen molar-refractivity contribution in [2.24, 2.45) is 0 Å². The van der Waals surface area contributed by atoms with Gasteiger partial charge >= 0.3 is 6.03 Å². The number of methoxy groups -OCH3 is 1. The van der Waals surface area contributed by atoms with Crippen LogP contribution in [0.2, 0.25) is 0 Å². The number of carbonyl (C=O) groups is 2. The van der Waals surface area contributed by atoms with Crippen LogP contribution in [0, 0.1) is 5.82 Å². The number of anilines is 2. The first-order valence-corrected chi connectivity index (χ1v) is 10.9. The Bertz CT molecular complexity index is 1120. The number of urea groups is 1. The molecule has 0 radical (unpaired) electrons. The van der Waals surface area contributed by atoms with Gasteiger partial charge in [-0.2, -0.15) is 0 Å². The molecule has 170 valence electrons. The number of ether oxygens (including phenoxy) is 1. The van der Waals surface area contributed by atoms with Crippen LogP contribution in [0.4, 0.5) is 20.6 Å². The lowest BCUT2D eigenvalue weighted by molar-refractivity contribution is -0.115. The molecule has 0 aliphatic carbocycles. The second kappa shape index (κ2) is 10.2. The van der Waals surface area contributed by atoms with E-state index in [4.69, 9.17) is 4.74 Å². The highest BCUT2D eigenvalue weighted by Gasteiger charge is 2.28. The van der Waals surface area contributed by atoms with E-state index in [0.717, 1.165) is 23.3 Å². The zero-order chi connectivity index (χ0) is 23.2. The molecule has 7 heteroatoms. The summed E-state index contributed by atoms with van der Waals surface area (Å²) in [5.74, 6) is 0.267. The van der Waals surface area contributed by atoms with Gasteiger partial charge in [-0.1, -0.05) is 36.4 Å². The summed E-state index contributed by atoms with van der Waals surface area (Å²) in [5, 5.41) is 2.95. The van der Waals surface area contributed by atoms with E-state index >= 15 is 0 Å². The highest BCUT2D eigenvalue weighted by Crippen LogP contribution is 2.29. The first kappa shape index (κ1) is 22.3. The minimum atomic E-state index is -0.301. The fraction of sp³-hybridized carbons (Fsp3) is 0.231. The number of rotatable bonds is 7. The maximum absolute atomic E-state index is 13.2. The van der Waals surface area contributed by atoms with Crippen molar-refractivity contribution in [2.75, 3.05) is 30.4 Å². The van der Waals surface area contributed by atoms with Gasteiger partial charge in [0.1, 0.15) is 11.6 Å². The Morgan fingerprint density at radius 3 is 2.39 bits per heavy atom. The summed E-state index contributed by atoms with van der Waals surface area (Å²) >= 11 is 0. The van der Waals surface area contributed by atoms with Crippen LogP contribution >= 0.6 is 0 Å². The summed E-state index contributed by atoms with van der Waals surface area (Å²) in [6.07, 6.45) is 1.00. The van der Waals surface area contributed by atoms with E-state index in [-0.39, 0.29) is 24.2 Å². The molecular weight excluding hydrogens is 421 g/mol.